The molecule has 1 N–H and O–H groups in total. The minimum Gasteiger partial charge on any atom is -0.492 e. The molecule has 0 saturated heterocycles. The van der Waals surface area contributed by atoms with Gasteiger partial charge in [-0.2, -0.15) is 0 Å². The van der Waals surface area contributed by atoms with E-state index in [-0.39, 0.29) is 12.4 Å². The molecule has 80 valence electrons. The van der Waals surface area contributed by atoms with Crippen molar-refractivity contribution < 1.29 is 19.0 Å². The smallest absolute Gasteiger partial charge is 0.313 e. The fourth-order valence-electron chi connectivity index (χ4n) is 1.32. The van der Waals surface area contributed by atoms with Crippen molar-refractivity contribution in [2.75, 3.05) is 6.61 Å². The fraction of sp³-hybridized carbons (Fsp3) is 0.364. The van der Waals surface area contributed by atoms with Crippen molar-refractivity contribution in [3.8, 4) is 5.75 Å². The first kappa shape index (κ1) is 9.96. The lowest BCUT2D eigenvalue weighted by Gasteiger charge is -2.11. The van der Waals surface area contributed by atoms with Crippen molar-refractivity contribution in [1.82, 2.24) is 0 Å². The van der Waals surface area contributed by atoms with Gasteiger partial charge in [-0.15, -0.1) is 0 Å². The molecule has 0 heterocycles. The normalized spacial score (nSPS) is 17.1. The van der Waals surface area contributed by atoms with Gasteiger partial charge in [0.1, 0.15) is 23.6 Å². The molecule has 0 radical (unpaired) electrons. The number of benzene rings is 1. The third kappa shape index (κ3) is 2.09. The molecular weight excluding hydrogens is 199 g/mol. The van der Waals surface area contributed by atoms with E-state index in [4.69, 9.17) is 9.84 Å². The molecule has 0 bridgehead atoms. The van der Waals surface area contributed by atoms with Crippen molar-refractivity contribution in [2.24, 2.45) is 5.41 Å². The van der Waals surface area contributed by atoms with Gasteiger partial charge in [0.2, 0.25) is 0 Å². The van der Waals surface area contributed by atoms with Gasteiger partial charge in [-0.05, 0) is 37.1 Å². The second-order valence-electron chi connectivity index (χ2n) is 3.83. The minimum atomic E-state index is -0.815. The maximum atomic E-state index is 12.6. The Morgan fingerprint density at radius 3 is 2.47 bits per heavy atom. The number of halogens is 1. The quantitative estimate of drug-likeness (QED) is 0.827. The van der Waals surface area contributed by atoms with E-state index in [0.717, 1.165) is 0 Å². The summed E-state index contributed by atoms with van der Waals surface area (Å²) < 4.78 is 17.9. The first-order chi connectivity index (χ1) is 7.12. The van der Waals surface area contributed by atoms with Gasteiger partial charge in [-0.1, -0.05) is 0 Å². The van der Waals surface area contributed by atoms with Gasteiger partial charge in [0.15, 0.2) is 0 Å². The minimum absolute atomic E-state index is 0.161. The maximum absolute atomic E-state index is 12.6. The van der Waals surface area contributed by atoms with Gasteiger partial charge < -0.3 is 9.84 Å². The number of hydrogen-bond acceptors (Lipinski definition) is 2. The van der Waals surface area contributed by atoms with E-state index in [1.807, 2.05) is 0 Å². The highest BCUT2D eigenvalue weighted by Gasteiger charge is 2.51. The predicted molar refractivity (Wildman–Crippen MR) is 51.2 cm³/mol. The molecule has 0 amide bonds. The largest absolute Gasteiger partial charge is 0.492 e. The number of ether oxygens (including phenoxy) is 1. The van der Waals surface area contributed by atoms with Gasteiger partial charge in [-0.25, -0.2) is 4.39 Å². The standard InChI is InChI=1S/C11H11FO3/c12-8-1-3-9(4-2-8)15-7-11(5-6-11)10(13)14/h1-4H,5-7H2,(H,13,14). The zero-order valence-electron chi connectivity index (χ0n) is 8.07. The Balaban J connectivity index is 1.94. The van der Waals surface area contributed by atoms with E-state index >= 15 is 0 Å². The molecule has 1 saturated carbocycles. The molecule has 1 aromatic carbocycles. The number of hydrogen-bond donors (Lipinski definition) is 1. The van der Waals surface area contributed by atoms with E-state index in [2.05, 4.69) is 0 Å². The molecule has 2 rings (SSSR count). The molecule has 0 aliphatic heterocycles. The van der Waals surface area contributed by atoms with Crippen LogP contribution >= 0.6 is 0 Å². The van der Waals surface area contributed by atoms with Gasteiger partial charge in [-0.3, -0.25) is 4.79 Å². The van der Waals surface area contributed by atoms with Crippen LogP contribution in [0, 0.1) is 11.2 Å². The Morgan fingerprint density at radius 2 is 2.00 bits per heavy atom. The Morgan fingerprint density at radius 1 is 1.40 bits per heavy atom. The van der Waals surface area contributed by atoms with E-state index < -0.39 is 11.4 Å². The van der Waals surface area contributed by atoms with Crippen molar-refractivity contribution in [3.05, 3.63) is 30.1 Å². The van der Waals surface area contributed by atoms with Gasteiger partial charge in [0.05, 0.1) is 0 Å². The van der Waals surface area contributed by atoms with Crippen LogP contribution in [-0.4, -0.2) is 17.7 Å². The highest BCUT2D eigenvalue weighted by molar-refractivity contribution is 5.77. The summed E-state index contributed by atoms with van der Waals surface area (Å²) in [5, 5.41) is 8.89. The number of rotatable bonds is 4. The highest BCUT2D eigenvalue weighted by Crippen LogP contribution is 2.46. The lowest BCUT2D eigenvalue weighted by molar-refractivity contribution is -0.144. The molecule has 15 heavy (non-hydrogen) atoms. The summed E-state index contributed by atoms with van der Waals surface area (Å²) in [6.07, 6.45) is 1.31. The first-order valence-electron chi connectivity index (χ1n) is 4.74. The molecule has 4 heteroatoms. The van der Waals surface area contributed by atoms with E-state index in [0.29, 0.717) is 18.6 Å². The van der Waals surface area contributed by atoms with Crippen LogP contribution in [0.15, 0.2) is 24.3 Å². The van der Waals surface area contributed by atoms with Crippen LogP contribution in [0.2, 0.25) is 0 Å². The third-order valence-electron chi connectivity index (χ3n) is 2.64. The second kappa shape index (κ2) is 3.53. The summed E-state index contributed by atoms with van der Waals surface area (Å²) in [7, 11) is 0. The SMILES string of the molecule is O=C(O)C1(COc2ccc(F)cc2)CC1. The molecule has 1 aliphatic rings. The van der Waals surface area contributed by atoms with Crippen molar-refractivity contribution in [3.63, 3.8) is 0 Å². The lowest BCUT2D eigenvalue weighted by Crippen LogP contribution is -2.22. The lowest BCUT2D eigenvalue weighted by atomic mass is 10.1. The van der Waals surface area contributed by atoms with E-state index in [1.54, 1.807) is 0 Å². The van der Waals surface area contributed by atoms with Crippen LogP contribution in [0.25, 0.3) is 0 Å². The monoisotopic (exact) mass is 210 g/mol. The van der Waals surface area contributed by atoms with Gasteiger partial charge >= 0.3 is 5.97 Å². The summed E-state index contributed by atoms with van der Waals surface area (Å²) in [5.41, 5.74) is -0.700. The van der Waals surface area contributed by atoms with Crippen molar-refractivity contribution >= 4 is 5.97 Å². The van der Waals surface area contributed by atoms with Crippen molar-refractivity contribution in [2.45, 2.75) is 12.8 Å². The van der Waals surface area contributed by atoms with Gasteiger partial charge in [0, 0.05) is 0 Å². The van der Waals surface area contributed by atoms with Gasteiger partial charge in [0.25, 0.3) is 0 Å². The third-order valence-corrected chi connectivity index (χ3v) is 2.64. The average Bonchev–Trinajstić information content (AvgIpc) is 2.98. The summed E-state index contributed by atoms with van der Waals surface area (Å²) in [5.74, 6) is -0.643. The van der Waals surface area contributed by atoms with Crippen LogP contribution in [0.1, 0.15) is 12.8 Å². The van der Waals surface area contributed by atoms with E-state index in [1.165, 1.54) is 24.3 Å². The number of carboxylic acids is 1. The molecule has 3 nitrogen and oxygen atoms in total. The molecule has 0 aromatic heterocycles. The Labute approximate surface area is 86.5 Å². The molecule has 1 fully saturated rings. The topological polar surface area (TPSA) is 46.5 Å². The summed E-state index contributed by atoms with van der Waals surface area (Å²) in [6, 6.07) is 5.56. The van der Waals surface area contributed by atoms with Crippen LogP contribution < -0.4 is 4.74 Å². The summed E-state index contributed by atoms with van der Waals surface area (Å²) >= 11 is 0. The Kier molecular flexibility index (Phi) is 2.34. The summed E-state index contributed by atoms with van der Waals surface area (Å²) in [4.78, 5) is 10.8. The van der Waals surface area contributed by atoms with Crippen LogP contribution in [0.3, 0.4) is 0 Å². The second-order valence-corrected chi connectivity index (χ2v) is 3.83. The number of carboxylic acid groups (broad SMARTS) is 1. The number of aliphatic carboxylic acids is 1. The van der Waals surface area contributed by atoms with E-state index in [9.17, 15) is 9.18 Å². The fourth-order valence-corrected chi connectivity index (χ4v) is 1.32. The Bertz CT molecular complexity index is 368. The zero-order chi connectivity index (χ0) is 10.9. The maximum Gasteiger partial charge on any atom is 0.313 e. The molecule has 1 aliphatic carbocycles. The molecule has 0 atom stereocenters. The predicted octanol–water partition coefficient (Wildman–Crippen LogP) is 2.07. The highest BCUT2D eigenvalue weighted by atomic mass is 19.1. The molecular formula is C11H11FO3. The molecule has 1 aromatic rings. The van der Waals surface area contributed by atoms with Crippen LogP contribution in [0.4, 0.5) is 4.39 Å². The average molecular weight is 210 g/mol. The van der Waals surface area contributed by atoms with Crippen molar-refractivity contribution in [1.29, 1.82) is 0 Å². The molecule has 0 unspecified atom stereocenters. The Hall–Kier alpha value is -1.58. The summed E-state index contributed by atoms with van der Waals surface area (Å²) in [6.45, 7) is 0.161. The van der Waals surface area contributed by atoms with Crippen LogP contribution in [0.5, 0.6) is 5.75 Å². The van der Waals surface area contributed by atoms with Crippen LogP contribution in [-0.2, 0) is 4.79 Å². The number of carbonyl (C=O) groups is 1. The zero-order valence-corrected chi connectivity index (χ0v) is 8.07. The first-order valence-corrected chi connectivity index (χ1v) is 4.74. The molecule has 0 spiro atoms.